The third-order valence-corrected chi connectivity index (χ3v) is 3.06. The highest BCUT2D eigenvalue weighted by molar-refractivity contribution is 7.19. The lowest BCUT2D eigenvalue weighted by Gasteiger charge is -1.91. The predicted molar refractivity (Wildman–Crippen MR) is 56.7 cm³/mol. The summed E-state index contributed by atoms with van der Waals surface area (Å²) in [6.07, 6.45) is -3.01. The van der Waals surface area contributed by atoms with E-state index in [0.29, 0.717) is 9.21 Å². The Hall–Kier alpha value is -1.47. The molecule has 0 aromatic carbocycles. The van der Waals surface area contributed by atoms with E-state index in [0.717, 1.165) is 11.3 Å². The molecule has 0 aliphatic rings. The van der Waals surface area contributed by atoms with Gasteiger partial charge < -0.3 is 9.52 Å². The van der Waals surface area contributed by atoms with E-state index in [1.165, 1.54) is 12.1 Å². The molecular formula is C9H4ClF2NO3S. The number of nitrogens with zero attached hydrogens (tertiary/aromatic N) is 1. The minimum atomic E-state index is -3.01. The second-order valence-electron chi connectivity index (χ2n) is 2.94. The molecule has 2 rings (SSSR count). The molecule has 0 unspecified atom stereocenters. The molecule has 90 valence electrons. The Morgan fingerprint density at radius 2 is 2.24 bits per heavy atom. The van der Waals surface area contributed by atoms with Crippen LogP contribution in [-0.2, 0) is 0 Å². The van der Waals surface area contributed by atoms with Crippen molar-refractivity contribution in [1.82, 2.24) is 4.98 Å². The Kier molecular flexibility index (Phi) is 3.12. The zero-order valence-corrected chi connectivity index (χ0v) is 9.56. The van der Waals surface area contributed by atoms with E-state index in [2.05, 4.69) is 4.98 Å². The molecule has 17 heavy (non-hydrogen) atoms. The number of carboxylic acid groups (broad SMARTS) is 1. The van der Waals surface area contributed by atoms with Crippen molar-refractivity contribution in [3.05, 3.63) is 27.9 Å². The summed E-state index contributed by atoms with van der Waals surface area (Å²) in [5.41, 5.74) is -0.878. The highest BCUT2D eigenvalue weighted by Crippen LogP contribution is 2.33. The van der Waals surface area contributed by atoms with Gasteiger partial charge in [0.1, 0.15) is 0 Å². The minimum absolute atomic E-state index is 0.172. The molecule has 4 nitrogen and oxygen atoms in total. The van der Waals surface area contributed by atoms with E-state index < -0.39 is 23.8 Å². The molecule has 0 bridgehead atoms. The van der Waals surface area contributed by atoms with Crippen LogP contribution in [0.3, 0.4) is 0 Å². The summed E-state index contributed by atoms with van der Waals surface area (Å²) in [4.78, 5) is 14.5. The maximum absolute atomic E-state index is 12.5. The molecule has 0 fully saturated rings. The summed E-state index contributed by atoms with van der Waals surface area (Å²) in [5, 5.41) is 8.69. The first-order chi connectivity index (χ1) is 7.99. The monoisotopic (exact) mass is 279 g/mol. The van der Waals surface area contributed by atoms with Crippen LogP contribution in [0.25, 0.3) is 10.8 Å². The molecule has 0 radical (unpaired) electrons. The minimum Gasteiger partial charge on any atom is -0.475 e. The third-order valence-electron chi connectivity index (χ3n) is 1.84. The van der Waals surface area contributed by atoms with Gasteiger partial charge in [0.2, 0.25) is 11.7 Å². The van der Waals surface area contributed by atoms with Gasteiger partial charge in [-0.1, -0.05) is 11.6 Å². The quantitative estimate of drug-likeness (QED) is 0.930. The van der Waals surface area contributed by atoms with Crippen LogP contribution in [0.5, 0.6) is 0 Å². The van der Waals surface area contributed by atoms with Crippen LogP contribution < -0.4 is 0 Å². The van der Waals surface area contributed by atoms with Crippen LogP contribution in [0, 0.1) is 0 Å². The Morgan fingerprint density at radius 3 is 2.65 bits per heavy atom. The molecule has 0 amide bonds. The lowest BCUT2D eigenvalue weighted by atomic mass is 10.3. The van der Waals surface area contributed by atoms with Crippen molar-refractivity contribution in [1.29, 1.82) is 0 Å². The van der Waals surface area contributed by atoms with E-state index in [-0.39, 0.29) is 5.89 Å². The van der Waals surface area contributed by atoms with Gasteiger partial charge in [-0.15, -0.1) is 11.3 Å². The molecule has 8 heteroatoms. The van der Waals surface area contributed by atoms with Crippen LogP contribution in [-0.4, -0.2) is 16.1 Å². The third kappa shape index (κ3) is 2.29. The van der Waals surface area contributed by atoms with Crippen molar-refractivity contribution >= 4 is 28.9 Å². The van der Waals surface area contributed by atoms with Crippen LogP contribution in [0.1, 0.15) is 22.7 Å². The summed E-state index contributed by atoms with van der Waals surface area (Å²) in [6.45, 7) is 0. The fourth-order valence-electron chi connectivity index (χ4n) is 1.17. The Morgan fingerprint density at radius 1 is 1.53 bits per heavy atom. The standard InChI is InChI=1S/C9H4ClF2NO3S/c10-4-2-1-3(17-4)8-13-5(7(11)12)6(16-8)9(14)15/h1-2,7H,(H,14,15). The number of carboxylic acids is 1. The second kappa shape index (κ2) is 4.42. The van der Waals surface area contributed by atoms with Gasteiger partial charge in [-0.05, 0) is 12.1 Å². The Balaban J connectivity index is 2.50. The van der Waals surface area contributed by atoms with Crippen molar-refractivity contribution in [3.8, 4) is 10.8 Å². The van der Waals surface area contributed by atoms with Crippen LogP contribution >= 0.6 is 22.9 Å². The fourth-order valence-corrected chi connectivity index (χ4v) is 2.14. The van der Waals surface area contributed by atoms with Gasteiger partial charge in [0, 0.05) is 0 Å². The van der Waals surface area contributed by atoms with E-state index in [1.54, 1.807) is 0 Å². The average molecular weight is 280 g/mol. The van der Waals surface area contributed by atoms with Gasteiger partial charge in [0.25, 0.3) is 6.43 Å². The van der Waals surface area contributed by atoms with Gasteiger partial charge in [0.05, 0.1) is 9.21 Å². The average Bonchev–Trinajstić information content (AvgIpc) is 2.82. The molecular weight excluding hydrogens is 276 g/mol. The number of aromatic nitrogens is 1. The highest BCUT2D eigenvalue weighted by Gasteiger charge is 2.27. The zero-order valence-electron chi connectivity index (χ0n) is 7.99. The molecule has 0 spiro atoms. The number of thiophene rings is 1. The number of carbonyl (C=O) groups is 1. The predicted octanol–water partition coefficient (Wildman–Crippen LogP) is 3.69. The lowest BCUT2D eigenvalue weighted by molar-refractivity contribution is 0.0647. The van der Waals surface area contributed by atoms with Gasteiger partial charge in [-0.25, -0.2) is 18.6 Å². The first kappa shape index (κ1) is 12.0. The first-order valence-electron chi connectivity index (χ1n) is 4.27. The van der Waals surface area contributed by atoms with Crippen molar-refractivity contribution in [3.63, 3.8) is 0 Å². The zero-order chi connectivity index (χ0) is 12.6. The SMILES string of the molecule is O=C(O)c1oc(-c2ccc(Cl)s2)nc1C(F)F. The molecule has 2 aromatic rings. The first-order valence-corrected chi connectivity index (χ1v) is 5.46. The summed E-state index contributed by atoms with van der Waals surface area (Å²) >= 11 is 6.72. The number of alkyl halides is 2. The molecule has 2 aromatic heterocycles. The van der Waals surface area contributed by atoms with Gasteiger partial charge in [-0.3, -0.25) is 0 Å². The lowest BCUT2D eigenvalue weighted by Crippen LogP contribution is -1.99. The summed E-state index contributed by atoms with van der Waals surface area (Å²) in [7, 11) is 0. The highest BCUT2D eigenvalue weighted by atomic mass is 35.5. The van der Waals surface area contributed by atoms with Crippen molar-refractivity contribution in [2.45, 2.75) is 6.43 Å². The van der Waals surface area contributed by atoms with E-state index in [4.69, 9.17) is 21.1 Å². The number of aromatic carboxylic acids is 1. The van der Waals surface area contributed by atoms with Gasteiger partial charge in [-0.2, -0.15) is 0 Å². The Bertz CT molecular complexity index is 566. The molecule has 0 atom stereocenters. The van der Waals surface area contributed by atoms with Gasteiger partial charge >= 0.3 is 5.97 Å². The van der Waals surface area contributed by atoms with E-state index >= 15 is 0 Å². The second-order valence-corrected chi connectivity index (χ2v) is 4.66. The summed E-state index contributed by atoms with van der Waals surface area (Å²) in [5.74, 6) is -2.60. The van der Waals surface area contributed by atoms with Crippen molar-refractivity contribution in [2.24, 2.45) is 0 Å². The molecule has 1 N–H and O–H groups in total. The van der Waals surface area contributed by atoms with Crippen molar-refractivity contribution < 1.29 is 23.1 Å². The largest absolute Gasteiger partial charge is 0.475 e. The van der Waals surface area contributed by atoms with Crippen LogP contribution in [0.4, 0.5) is 8.78 Å². The van der Waals surface area contributed by atoms with Crippen LogP contribution in [0.2, 0.25) is 4.34 Å². The summed E-state index contributed by atoms with van der Waals surface area (Å²) < 4.78 is 30.3. The number of rotatable bonds is 3. The Labute approximate surface area is 102 Å². The van der Waals surface area contributed by atoms with E-state index in [1.807, 2.05) is 0 Å². The molecule has 0 aliphatic heterocycles. The number of hydrogen-bond donors (Lipinski definition) is 1. The smallest absolute Gasteiger partial charge is 0.374 e. The maximum atomic E-state index is 12.5. The van der Waals surface area contributed by atoms with E-state index in [9.17, 15) is 13.6 Å². The fraction of sp³-hybridized carbons (Fsp3) is 0.111. The van der Waals surface area contributed by atoms with Gasteiger partial charge in [0.15, 0.2) is 5.69 Å². The van der Waals surface area contributed by atoms with Crippen LogP contribution in [0.15, 0.2) is 16.5 Å². The molecule has 2 heterocycles. The molecule has 0 saturated carbocycles. The number of oxazole rings is 1. The number of halogens is 3. The molecule has 0 aliphatic carbocycles. The molecule has 0 saturated heterocycles. The normalized spacial score (nSPS) is 11.1. The number of hydrogen-bond acceptors (Lipinski definition) is 4. The topological polar surface area (TPSA) is 63.3 Å². The summed E-state index contributed by atoms with van der Waals surface area (Å²) in [6, 6.07) is 3.05. The maximum Gasteiger partial charge on any atom is 0.374 e. The van der Waals surface area contributed by atoms with Crippen molar-refractivity contribution in [2.75, 3.05) is 0 Å².